The largest absolute Gasteiger partial charge is 0.444 e. The number of nitrogens with two attached hydrogens (primary N) is 1. The number of rotatable bonds is 4. The van der Waals surface area contributed by atoms with E-state index < -0.39 is 5.60 Å². The van der Waals surface area contributed by atoms with Crippen molar-refractivity contribution >= 4 is 40.7 Å². The zero-order chi connectivity index (χ0) is 22.1. The zero-order valence-electron chi connectivity index (χ0n) is 17.3. The van der Waals surface area contributed by atoms with E-state index >= 15 is 0 Å². The van der Waals surface area contributed by atoms with Crippen LogP contribution in [0.15, 0.2) is 36.4 Å². The Morgan fingerprint density at radius 2 is 1.97 bits per heavy atom. The van der Waals surface area contributed by atoms with E-state index in [4.69, 9.17) is 33.7 Å². The molecule has 5 nitrogen and oxygen atoms in total. The van der Waals surface area contributed by atoms with Crippen LogP contribution in [-0.4, -0.2) is 35.7 Å². The molecule has 2 N–H and O–H groups in total. The van der Waals surface area contributed by atoms with Crippen LogP contribution in [0.4, 0.5) is 20.6 Å². The van der Waals surface area contributed by atoms with E-state index in [2.05, 4.69) is 4.90 Å². The molecule has 1 aliphatic rings. The first-order valence-corrected chi connectivity index (χ1v) is 10.5. The number of hydrogen-bond donors (Lipinski definition) is 1. The molecule has 0 spiro atoms. The Hall–Kier alpha value is -2.18. The summed E-state index contributed by atoms with van der Waals surface area (Å²) in [6.07, 6.45) is 0.387. The summed E-state index contributed by atoms with van der Waals surface area (Å²) < 4.78 is 19.3. The van der Waals surface area contributed by atoms with E-state index in [1.165, 1.54) is 12.1 Å². The Morgan fingerprint density at radius 1 is 1.23 bits per heavy atom. The summed E-state index contributed by atoms with van der Waals surface area (Å²) in [7, 11) is 0. The molecule has 0 unspecified atom stereocenters. The lowest BCUT2D eigenvalue weighted by Crippen LogP contribution is -2.40. The molecular weight excluding hydrogens is 428 g/mol. The van der Waals surface area contributed by atoms with Gasteiger partial charge in [-0.1, -0.05) is 23.2 Å². The van der Waals surface area contributed by atoms with Crippen LogP contribution in [0.5, 0.6) is 0 Å². The Kier molecular flexibility index (Phi) is 6.68. The van der Waals surface area contributed by atoms with Crippen molar-refractivity contribution in [2.45, 2.75) is 45.4 Å². The van der Waals surface area contributed by atoms with Crippen LogP contribution in [0.3, 0.4) is 0 Å². The summed E-state index contributed by atoms with van der Waals surface area (Å²) in [6.45, 7) is 6.93. The molecule has 0 saturated carbocycles. The maximum absolute atomic E-state index is 13.8. The van der Waals surface area contributed by atoms with Crippen molar-refractivity contribution in [2.75, 3.05) is 23.7 Å². The van der Waals surface area contributed by atoms with Crippen molar-refractivity contribution in [3.8, 4) is 0 Å². The second kappa shape index (κ2) is 8.90. The Morgan fingerprint density at radius 3 is 2.63 bits per heavy atom. The maximum atomic E-state index is 13.8. The molecule has 0 radical (unpaired) electrons. The summed E-state index contributed by atoms with van der Waals surface area (Å²) in [5, 5.41) is 0.912. The van der Waals surface area contributed by atoms with Gasteiger partial charge >= 0.3 is 6.09 Å². The standard InChI is InChI=1S/C22H26Cl2FN3O2/c1-22(2,3)30-21(29)27-9-8-17(13-27)28(16-5-7-20(26)19(24)11-16)12-14-10-15(25)4-6-18(14)23/h4-7,10-11,17H,8-9,12-13,26H2,1-3H3/t17-/m0/s1. The van der Waals surface area contributed by atoms with Crippen molar-refractivity contribution in [1.29, 1.82) is 0 Å². The third-order valence-electron chi connectivity index (χ3n) is 4.92. The number of hydrogen-bond acceptors (Lipinski definition) is 4. The number of carbonyl (C=O) groups is 1. The quantitative estimate of drug-likeness (QED) is 0.600. The minimum Gasteiger partial charge on any atom is -0.444 e. The Labute approximate surface area is 186 Å². The molecule has 8 heteroatoms. The van der Waals surface area contributed by atoms with Crippen molar-refractivity contribution < 1.29 is 13.9 Å². The molecule has 0 aliphatic carbocycles. The third-order valence-corrected chi connectivity index (χ3v) is 5.62. The summed E-state index contributed by atoms with van der Waals surface area (Å²) in [5.74, 6) is -0.355. The summed E-state index contributed by atoms with van der Waals surface area (Å²) in [5.41, 5.74) is 7.26. The molecule has 1 aliphatic heterocycles. The molecule has 162 valence electrons. The number of ether oxygens (including phenoxy) is 1. The van der Waals surface area contributed by atoms with Crippen LogP contribution in [0.25, 0.3) is 0 Å². The molecule has 1 atom stereocenters. The van der Waals surface area contributed by atoms with Gasteiger partial charge in [0.25, 0.3) is 0 Å². The monoisotopic (exact) mass is 453 g/mol. The summed E-state index contributed by atoms with van der Waals surface area (Å²) >= 11 is 12.6. The summed E-state index contributed by atoms with van der Waals surface area (Å²) in [4.78, 5) is 16.3. The lowest BCUT2D eigenvalue weighted by atomic mass is 10.1. The van der Waals surface area contributed by atoms with Gasteiger partial charge in [0.1, 0.15) is 11.4 Å². The maximum Gasteiger partial charge on any atom is 0.410 e. The highest BCUT2D eigenvalue weighted by atomic mass is 35.5. The number of anilines is 2. The van der Waals surface area contributed by atoms with Crippen molar-refractivity contribution in [1.82, 2.24) is 4.90 Å². The highest BCUT2D eigenvalue weighted by Gasteiger charge is 2.33. The first-order chi connectivity index (χ1) is 14.0. The van der Waals surface area contributed by atoms with Gasteiger partial charge in [-0.3, -0.25) is 0 Å². The second-order valence-corrected chi connectivity index (χ2v) is 9.25. The van der Waals surface area contributed by atoms with Crippen LogP contribution in [0.1, 0.15) is 32.8 Å². The fraction of sp³-hybridized carbons (Fsp3) is 0.409. The van der Waals surface area contributed by atoms with Gasteiger partial charge in [-0.25, -0.2) is 9.18 Å². The molecule has 2 aromatic carbocycles. The Balaban J connectivity index is 1.87. The molecule has 30 heavy (non-hydrogen) atoms. The van der Waals surface area contributed by atoms with Gasteiger partial charge in [0.15, 0.2) is 0 Å². The predicted molar refractivity (Wildman–Crippen MR) is 120 cm³/mol. The smallest absolute Gasteiger partial charge is 0.410 e. The SMILES string of the molecule is CC(C)(C)OC(=O)N1CC[C@H](N(Cc2cc(F)ccc2Cl)c2ccc(N)c(Cl)c2)C1. The lowest BCUT2D eigenvalue weighted by Gasteiger charge is -2.32. The topological polar surface area (TPSA) is 58.8 Å². The minimum atomic E-state index is -0.561. The Bertz CT molecular complexity index is 933. The van der Waals surface area contributed by atoms with Gasteiger partial charge in [-0.15, -0.1) is 0 Å². The van der Waals surface area contributed by atoms with E-state index in [-0.39, 0.29) is 18.0 Å². The predicted octanol–water partition coefficient (Wildman–Crippen LogP) is 5.73. The molecular formula is C22H26Cl2FN3O2. The normalized spacial score (nSPS) is 16.6. The molecule has 1 heterocycles. The second-order valence-electron chi connectivity index (χ2n) is 8.44. The van der Waals surface area contributed by atoms with Crippen LogP contribution in [0, 0.1) is 5.82 Å². The van der Waals surface area contributed by atoms with E-state index in [0.717, 1.165) is 12.1 Å². The number of benzene rings is 2. The fourth-order valence-electron chi connectivity index (χ4n) is 3.46. The summed E-state index contributed by atoms with van der Waals surface area (Å²) in [6, 6.07) is 9.66. The molecule has 1 saturated heterocycles. The van der Waals surface area contributed by atoms with Crippen molar-refractivity contribution in [2.24, 2.45) is 0 Å². The van der Waals surface area contributed by atoms with Gasteiger partial charge in [0.2, 0.25) is 0 Å². The molecule has 1 fully saturated rings. The average Bonchev–Trinajstić information content (AvgIpc) is 3.13. The average molecular weight is 454 g/mol. The fourth-order valence-corrected chi connectivity index (χ4v) is 3.81. The number of carbonyl (C=O) groups excluding carboxylic acids is 1. The van der Waals surface area contributed by atoms with E-state index in [1.807, 2.05) is 26.8 Å². The van der Waals surface area contributed by atoms with E-state index in [1.54, 1.807) is 23.1 Å². The molecule has 1 amide bonds. The van der Waals surface area contributed by atoms with Crippen molar-refractivity contribution in [3.63, 3.8) is 0 Å². The van der Waals surface area contributed by atoms with Crippen LogP contribution in [-0.2, 0) is 11.3 Å². The molecule has 3 rings (SSSR count). The van der Waals surface area contributed by atoms with Crippen molar-refractivity contribution in [3.05, 3.63) is 57.8 Å². The van der Waals surface area contributed by atoms with E-state index in [9.17, 15) is 9.18 Å². The highest BCUT2D eigenvalue weighted by Crippen LogP contribution is 2.32. The zero-order valence-corrected chi connectivity index (χ0v) is 18.8. The number of likely N-dealkylation sites (tertiary alicyclic amines) is 1. The number of amides is 1. The third kappa shape index (κ3) is 5.49. The lowest BCUT2D eigenvalue weighted by molar-refractivity contribution is 0.0292. The van der Waals surface area contributed by atoms with Gasteiger partial charge in [-0.2, -0.15) is 0 Å². The van der Waals surface area contributed by atoms with Crippen LogP contribution < -0.4 is 10.6 Å². The molecule has 2 aromatic rings. The minimum absolute atomic E-state index is 0.0171. The van der Waals surface area contributed by atoms with Crippen LogP contribution in [0.2, 0.25) is 10.0 Å². The first kappa shape index (κ1) is 22.5. The number of nitrogens with zero attached hydrogens (tertiary/aromatic N) is 2. The molecule has 0 aromatic heterocycles. The first-order valence-electron chi connectivity index (χ1n) is 9.77. The highest BCUT2D eigenvalue weighted by molar-refractivity contribution is 6.33. The van der Waals surface area contributed by atoms with Gasteiger partial charge in [0, 0.05) is 36.4 Å². The van der Waals surface area contributed by atoms with Gasteiger partial charge in [0.05, 0.1) is 10.7 Å². The van der Waals surface area contributed by atoms with Gasteiger partial charge in [-0.05, 0) is 69.2 Å². The number of halogens is 3. The van der Waals surface area contributed by atoms with Gasteiger partial charge < -0.3 is 20.3 Å². The van der Waals surface area contributed by atoms with Crippen LogP contribution >= 0.6 is 23.2 Å². The van der Waals surface area contributed by atoms with E-state index in [0.29, 0.717) is 40.9 Å². The number of nitrogen functional groups attached to an aromatic ring is 1. The molecule has 0 bridgehead atoms.